The largest absolute Gasteiger partial charge is 0.330 e. The Balaban J connectivity index is 2.80. The number of nitrogens with two attached hydrogens (primary N) is 1. The van der Waals surface area contributed by atoms with Crippen LogP contribution in [0.25, 0.3) is 0 Å². The van der Waals surface area contributed by atoms with Crippen LogP contribution < -0.4 is 5.73 Å². The van der Waals surface area contributed by atoms with E-state index in [0.717, 1.165) is 13.0 Å². The van der Waals surface area contributed by atoms with Gasteiger partial charge in [0.15, 0.2) is 0 Å². The summed E-state index contributed by atoms with van der Waals surface area (Å²) in [4.78, 5) is 2.23. The molecule has 0 radical (unpaired) electrons. The molecule has 0 saturated carbocycles. The molecule has 0 aliphatic carbocycles. The molecule has 0 fully saturated rings. The summed E-state index contributed by atoms with van der Waals surface area (Å²) < 4.78 is 0. The molecule has 0 atom stereocenters. The number of rotatable bonds is 7. The highest BCUT2D eigenvalue weighted by Gasteiger charge is 1.90. The van der Waals surface area contributed by atoms with Gasteiger partial charge in [0, 0.05) is 0 Å². The Morgan fingerprint density at radius 2 is 1.82 bits per heavy atom. The molecule has 2 nitrogen and oxygen atoms in total. The second kappa shape index (κ2) is 8.37. The van der Waals surface area contributed by atoms with Crippen LogP contribution in [0.2, 0.25) is 0 Å². The van der Waals surface area contributed by atoms with Gasteiger partial charge in [0.1, 0.15) is 0 Å². The highest BCUT2D eigenvalue weighted by molar-refractivity contribution is 7.99. The molecule has 0 unspecified atom stereocenters. The third-order valence-corrected chi connectivity index (χ3v) is 2.54. The van der Waals surface area contributed by atoms with E-state index in [9.17, 15) is 0 Å². The molecule has 0 aromatic rings. The molecule has 0 spiro atoms. The molecule has 0 aliphatic heterocycles. The van der Waals surface area contributed by atoms with Crippen molar-refractivity contribution in [3.05, 3.63) is 0 Å². The van der Waals surface area contributed by atoms with E-state index in [1.807, 2.05) is 11.8 Å². The predicted molar refractivity (Wildman–Crippen MR) is 54.2 cm³/mol. The predicted octanol–water partition coefficient (Wildman–Crippen LogP) is 1.02. The van der Waals surface area contributed by atoms with Gasteiger partial charge < -0.3 is 10.6 Å². The zero-order chi connectivity index (χ0) is 8.53. The Morgan fingerprint density at radius 1 is 1.18 bits per heavy atom. The van der Waals surface area contributed by atoms with Crippen LogP contribution in [0.3, 0.4) is 0 Å². The number of hydrogen-bond acceptors (Lipinski definition) is 3. The maximum absolute atomic E-state index is 5.37. The van der Waals surface area contributed by atoms with Crippen molar-refractivity contribution in [2.75, 3.05) is 38.7 Å². The van der Waals surface area contributed by atoms with Crippen LogP contribution in [0.5, 0.6) is 0 Å². The normalized spacial score (nSPS) is 10.9. The van der Waals surface area contributed by atoms with Gasteiger partial charge in [-0.05, 0) is 51.5 Å². The Labute approximate surface area is 74.5 Å². The number of hydrogen-bond donors (Lipinski definition) is 1. The van der Waals surface area contributed by atoms with Gasteiger partial charge >= 0.3 is 0 Å². The minimum atomic E-state index is 0.834. The Bertz CT molecular complexity index is 76.5. The van der Waals surface area contributed by atoms with Crippen LogP contribution in [-0.2, 0) is 0 Å². The SMILES string of the molecule is CN(C)CCCSCCCN. The second-order valence-electron chi connectivity index (χ2n) is 2.91. The molecule has 68 valence electrons. The molecule has 0 aromatic carbocycles. The van der Waals surface area contributed by atoms with E-state index >= 15 is 0 Å². The first-order valence-electron chi connectivity index (χ1n) is 4.20. The smallest absolute Gasteiger partial charge is 0.00170 e. The summed E-state index contributed by atoms with van der Waals surface area (Å²) in [6.45, 7) is 2.04. The molecule has 0 aromatic heterocycles. The number of thioether (sulfide) groups is 1. The molecule has 3 heteroatoms. The molecule has 0 heterocycles. The summed E-state index contributed by atoms with van der Waals surface area (Å²) in [5.74, 6) is 2.50. The first kappa shape index (κ1) is 11.3. The van der Waals surface area contributed by atoms with Crippen molar-refractivity contribution >= 4 is 11.8 Å². The highest BCUT2D eigenvalue weighted by atomic mass is 32.2. The van der Waals surface area contributed by atoms with Crippen LogP contribution in [0.15, 0.2) is 0 Å². The van der Waals surface area contributed by atoms with Gasteiger partial charge in [-0.15, -0.1) is 0 Å². The molecule has 0 bridgehead atoms. The lowest BCUT2D eigenvalue weighted by Crippen LogP contribution is -2.13. The van der Waals surface area contributed by atoms with Crippen molar-refractivity contribution in [1.29, 1.82) is 0 Å². The zero-order valence-electron chi connectivity index (χ0n) is 7.68. The van der Waals surface area contributed by atoms with E-state index in [0.29, 0.717) is 0 Å². The fourth-order valence-electron chi connectivity index (χ4n) is 0.770. The first-order chi connectivity index (χ1) is 5.27. The average Bonchev–Trinajstić information content (AvgIpc) is 1.96. The van der Waals surface area contributed by atoms with E-state index in [-0.39, 0.29) is 0 Å². The minimum absolute atomic E-state index is 0.834. The Kier molecular flexibility index (Phi) is 8.57. The maximum atomic E-state index is 5.37. The molecular formula is C8H20N2S. The second-order valence-corrected chi connectivity index (χ2v) is 4.14. The highest BCUT2D eigenvalue weighted by Crippen LogP contribution is 2.03. The summed E-state index contributed by atoms with van der Waals surface area (Å²) in [6, 6.07) is 0. The van der Waals surface area contributed by atoms with Crippen LogP contribution in [0.4, 0.5) is 0 Å². The fraction of sp³-hybridized carbons (Fsp3) is 1.00. The standard InChI is InChI=1S/C8H20N2S/c1-10(2)6-4-8-11-7-3-5-9/h3-9H2,1-2H3. The van der Waals surface area contributed by atoms with E-state index < -0.39 is 0 Å². The lowest BCUT2D eigenvalue weighted by molar-refractivity contribution is 0.410. The lowest BCUT2D eigenvalue weighted by atomic mass is 10.5. The zero-order valence-corrected chi connectivity index (χ0v) is 8.49. The lowest BCUT2D eigenvalue weighted by Gasteiger charge is -2.07. The van der Waals surface area contributed by atoms with Crippen molar-refractivity contribution in [2.24, 2.45) is 5.73 Å². The summed E-state index contributed by atoms with van der Waals surface area (Å²) in [6.07, 6.45) is 2.45. The van der Waals surface area contributed by atoms with Gasteiger partial charge in [-0.2, -0.15) is 11.8 Å². The molecule has 0 aliphatic rings. The average molecular weight is 176 g/mol. The molecule has 2 N–H and O–H groups in total. The van der Waals surface area contributed by atoms with Crippen LogP contribution >= 0.6 is 11.8 Å². The van der Waals surface area contributed by atoms with E-state index in [4.69, 9.17) is 5.73 Å². The minimum Gasteiger partial charge on any atom is -0.330 e. The van der Waals surface area contributed by atoms with Gasteiger partial charge in [0.25, 0.3) is 0 Å². The monoisotopic (exact) mass is 176 g/mol. The van der Waals surface area contributed by atoms with E-state index in [2.05, 4.69) is 19.0 Å². The van der Waals surface area contributed by atoms with E-state index in [1.165, 1.54) is 24.5 Å². The first-order valence-corrected chi connectivity index (χ1v) is 5.35. The van der Waals surface area contributed by atoms with Crippen molar-refractivity contribution < 1.29 is 0 Å². The summed E-state index contributed by atoms with van der Waals surface area (Å²) in [5.41, 5.74) is 5.37. The number of nitrogens with zero attached hydrogens (tertiary/aromatic N) is 1. The van der Waals surface area contributed by atoms with E-state index in [1.54, 1.807) is 0 Å². The Hall–Kier alpha value is 0.270. The van der Waals surface area contributed by atoms with Gasteiger partial charge in [-0.3, -0.25) is 0 Å². The summed E-state index contributed by atoms with van der Waals surface area (Å²) in [5, 5.41) is 0. The summed E-state index contributed by atoms with van der Waals surface area (Å²) in [7, 11) is 4.23. The van der Waals surface area contributed by atoms with Gasteiger partial charge in [-0.1, -0.05) is 0 Å². The molecule has 0 amide bonds. The van der Waals surface area contributed by atoms with Gasteiger partial charge in [0.2, 0.25) is 0 Å². The van der Waals surface area contributed by atoms with Gasteiger partial charge in [0.05, 0.1) is 0 Å². The Morgan fingerprint density at radius 3 is 2.36 bits per heavy atom. The fourth-order valence-corrected chi connectivity index (χ4v) is 1.68. The third kappa shape index (κ3) is 10.3. The van der Waals surface area contributed by atoms with Crippen molar-refractivity contribution in [3.63, 3.8) is 0 Å². The molecule has 0 saturated heterocycles. The van der Waals surface area contributed by atoms with Crippen molar-refractivity contribution in [2.45, 2.75) is 12.8 Å². The molecular weight excluding hydrogens is 156 g/mol. The van der Waals surface area contributed by atoms with Crippen LogP contribution in [0, 0.1) is 0 Å². The van der Waals surface area contributed by atoms with Crippen molar-refractivity contribution in [1.82, 2.24) is 4.90 Å². The molecule has 0 rings (SSSR count). The van der Waals surface area contributed by atoms with Crippen LogP contribution in [0.1, 0.15) is 12.8 Å². The maximum Gasteiger partial charge on any atom is -0.00170 e. The summed E-state index contributed by atoms with van der Waals surface area (Å²) >= 11 is 2.01. The topological polar surface area (TPSA) is 29.3 Å². The van der Waals surface area contributed by atoms with Crippen LogP contribution in [-0.4, -0.2) is 43.6 Å². The quantitative estimate of drug-likeness (QED) is 0.587. The van der Waals surface area contributed by atoms with Crippen molar-refractivity contribution in [3.8, 4) is 0 Å². The molecule has 11 heavy (non-hydrogen) atoms. The third-order valence-electron chi connectivity index (χ3n) is 1.39. The van der Waals surface area contributed by atoms with Gasteiger partial charge in [-0.25, -0.2) is 0 Å².